The molecular weight excluding hydrogens is 342 g/mol. The summed E-state index contributed by atoms with van der Waals surface area (Å²) in [6.45, 7) is 0. The average Bonchev–Trinajstić information content (AvgIpc) is 2.41. The van der Waals surface area contributed by atoms with Gasteiger partial charge in [-0.3, -0.25) is 0 Å². The molecule has 130 valence electrons. The second kappa shape index (κ2) is 5.39. The number of phenols is 2. The largest absolute Gasteiger partial charge is 0.506 e. The summed E-state index contributed by atoms with van der Waals surface area (Å²) in [4.78, 5) is 0. The first kappa shape index (κ1) is 17.6. The topological polar surface area (TPSA) is 92.5 Å². The number of hydrogen-bond acceptors (Lipinski definition) is 4. The van der Waals surface area contributed by atoms with Gasteiger partial charge in [-0.2, -0.15) is 26.3 Å². The lowest BCUT2D eigenvalue weighted by molar-refractivity contribution is -0.139. The van der Waals surface area contributed by atoms with Gasteiger partial charge in [0, 0.05) is 0 Å². The maximum Gasteiger partial charge on any atom is 0.417 e. The van der Waals surface area contributed by atoms with Gasteiger partial charge in [-0.25, -0.2) is 0 Å². The minimum absolute atomic E-state index is 0.230. The fourth-order valence-corrected chi connectivity index (χ4v) is 2.12. The van der Waals surface area contributed by atoms with Crippen LogP contribution in [0.3, 0.4) is 0 Å². The predicted octanol–water partition coefficient (Wildman–Crippen LogP) is 3.97. The molecule has 4 nitrogen and oxygen atoms in total. The molecule has 0 aliphatic rings. The summed E-state index contributed by atoms with van der Waals surface area (Å²) in [5, 5.41) is 18.7. The molecule has 0 unspecified atom stereocenters. The fraction of sp³-hybridized carbons (Fsp3) is 0.143. The molecule has 0 aliphatic heterocycles. The van der Waals surface area contributed by atoms with E-state index in [1.165, 1.54) is 0 Å². The molecule has 0 saturated carbocycles. The Morgan fingerprint density at radius 1 is 0.625 bits per heavy atom. The lowest BCUT2D eigenvalue weighted by Gasteiger charge is -2.19. The summed E-state index contributed by atoms with van der Waals surface area (Å²) >= 11 is 0. The second-order valence-electron chi connectivity index (χ2n) is 4.91. The van der Waals surface area contributed by atoms with Crippen molar-refractivity contribution >= 4 is 11.4 Å². The van der Waals surface area contributed by atoms with E-state index in [9.17, 15) is 36.6 Å². The maximum atomic E-state index is 13.1. The smallest absolute Gasteiger partial charge is 0.417 e. The molecule has 0 aliphatic carbocycles. The van der Waals surface area contributed by atoms with E-state index in [1.807, 2.05) is 0 Å². The highest BCUT2D eigenvalue weighted by molar-refractivity contribution is 5.80. The van der Waals surface area contributed by atoms with E-state index >= 15 is 0 Å². The van der Waals surface area contributed by atoms with Crippen LogP contribution in [0.1, 0.15) is 11.1 Å². The van der Waals surface area contributed by atoms with Gasteiger partial charge in [-0.1, -0.05) is 0 Å². The third-order valence-corrected chi connectivity index (χ3v) is 3.23. The third-order valence-electron chi connectivity index (χ3n) is 3.23. The summed E-state index contributed by atoms with van der Waals surface area (Å²) in [7, 11) is 0. The molecule has 24 heavy (non-hydrogen) atoms. The van der Waals surface area contributed by atoms with Crippen molar-refractivity contribution in [2.45, 2.75) is 12.4 Å². The van der Waals surface area contributed by atoms with Crippen LogP contribution in [0.4, 0.5) is 37.7 Å². The Bertz CT molecular complexity index is 732. The number of anilines is 2. The van der Waals surface area contributed by atoms with Crippen molar-refractivity contribution in [3.05, 3.63) is 35.4 Å². The Kier molecular flexibility index (Phi) is 3.95. The van der Waals surface area contributed by atoms with Gasteiger partial charge in [0.15, 0.2) is 0 Å². The van der Waals surface area contributed by atoms with Crippen molar-refractivity contribution < 1.29 is 36.6 Å². The van der Waals surface area contributed by atoms with E-state index in [4.69, 9.17) is 11.5 Å². The van der Waals surface area contributed by atoms with Gasteiger partial charge >= 0.3 is 12.4 Å². The first-order chi connectivity index (χ1) is 10.8. The summed E-state index contributed by atoms with van der Waals surface area (Å²) in [6, 6.07) is 1.60. The Labute approximate surface area is 130 Å². The van der Waals surface area contributed by atoms with E-state index < -0.39 is 57.5 Å². The molecule has 0 spiro atoms. The normalized spacial score (nSPS) is 12.4. The van der Waals surface area contributed by atoms with Crippen molar-refractivity contribution in [2.24, 2.45) is 0 Å². The van der Waals surface area contributed by atoms with Crippen LogP contribution in [-0.4, -0.2) is 10.2 Å². The number of aromatic hydroxyl groups is 2. The molecule has 0 amide bonds. The molecule has 2 rings (SSSR count). The molecule has 10 heteroatoms. The quantitative estimate of drug-likeness (QED) is 0.355. The van der Waals surface area contributed by atoms with Crippen LogP contribution >= 0.6 is 0 Å². The molecule has 2 aromatic rings. The average molecular weight is 352 g/mol. The zero-order valence-corrected chi connectivity index (χ0v) is 11.6. The summed E-state index contributed by atoms with van der Waals surface area (Å²) in [5.41, 5.74) is 4.66. The van der Waals surface area contributed by atoms with E-state index in [-0.39, 0.29) is 12.1 Å². The predicted molar refractivity (Wildman–Crippen MR) is 74.0 cm³/mol. The number of rotatable bonds is 1. The summed E-state index contributed by atoms with van der Waals surface area (Å²) in [6.07, 6.45) is -10.1. The van der Waals surface area contributed by atoms with Gasteiger partial charge in [-0.15, -0.1) is 0 Å². The van der Waals surface area contributed by atoms with Crippen LogP contribution in [0.2, 0.25) is 0 Å². The highest BCUT2D eigenvalue weighted by atomic mass is 19.4. The first-order valence-corrected chi connectivity index (χ1v) is 6.22. The Morgan fingerprint density at radius 3 is 1.17 bits per heavy atom. The number of phenolic OH excluding ortho intramolecular Hbond substituents is 2. The van der Waals surface area contributed by atoms with Gasteiger partial charge in [0.2, 0.25) is 0 Å². The minimum atomic E-state index is -5.06. The Morgan fingerprint density at radius 2 is 0.917 bits per heavy atom. The van der Waals surface area contributed by atoms with E-state index in [2.05, 4.69) is 0 Å². The Balaban J connectivity index is 2.91. The van der Waals surface area contributed by atoms with Crippen molar-refractivity contribution in [1.82, 2.24) is 0 Å². The molecule has 0 radical (unpaired) electrons. The lowest BCUT2D eigenvalue weighted by Crippen LogP contribution is -2.12. The zero-order chi connectivity index (χ0) is 18.4. The van der Waals surface area contributed by atoms with Crippen LogP contribution in [-0.2, 0) is 12.4 Å². The van der Waals surface area contributed by atoms with Crippen LogP contribution in [0.25, 0.3) is 11.1 Å². The monoisotopic (exact) mass is 352 g/mol. The van der Waals surface area contributed by atoms with E-state index in [1.54, 1.807) is 0 Å². The van der Waals surface area contributed by atoms with Gasteiger partial charge in [0.05, 0.1) is 22.5 Å². The van der Waals surface area contributed by atoms with E-state index in [0.29, 0.717) is 12.1 Å². The lowest BCUT2D eigenvalue weighted by atomic mass is 9.93. The summed E-state index contributed by atoms with van der Waals surface area (Å²) in [5.74, 6) is -1.85. The van der Waals surface area contributed by atoms with Crippen LogP contribution < -0.4 is 11.5 Å². The number of nitrogen functional groups attached to an aromatic ring is 2. The molecule has 0 aromatic heterocycles. The van der Waals surface area contributed by atoms with Gasteiger partial charge in [0.25, 0.3) is 0 Å². The number of benzene rings is 2. The highest BCUT2D eigenvalue weighted by Gasteiger charge is 2.39. The molecular formula is C14H10F6N2O2. The number of halogens is 6. The number of alkyl halides is 6. The number of hydrogen-bond donors (Lipinski definition) is 4. The first-order valence-electron chi connectivity index (χ1n) is 6.22. The van der Waals surface area contributed by atoms with Crippen molar-refractivity contribution in [1.29, 1.82) is 0 Å². The SMILES string of the molecule is Nc1cc(-c2cc(N)c(O)cc2C(F)(F)F)c(C(F)(F)F)cc1O. The maximum absolute atomic E-state index is 13.1. The molecule has 0 fully saturated rings. The van der Waals surface area contributed by atoms with Crippen LogP contribution in [0.15, 0.2) is 24.3 Å². The molecule has 0 heterocycles. The summed E-state index contributed by atoms with van der Waals surface area (Å²) < 4.78 is 78.8. The van der Waals surface area contributed by atoms with Crippen molar-refractivity contribution in [2.75, 3.05) is 11.5 Å². The van der Waals surface area contributed by atoms with Gasteiger partial charge in [0.1, 0.15) is 11.5 Å². The molecule has 0 saturated heterocycles. The van der Waals surface area contributed by atoms with Crippen molar-refractivity contribution in [3.63, 3.8) is 0 Å². The Hall–Kier alpha value is -2.78. The zero-order valence-electron chi connectivity index (χ0n) is 11.6. The molecule has 6 N–H and O–H groups in total. The van der Waals surface area contributed by atoms with Crippen LogP contribution in [0.5, 0.6) is 11.5 Å². The number of nitrogens with two attached hydrogens (primary N) is 2. The highest BCUT2D eigenvalue weighted by Crippen LogP contribution is 2.47. The van der Waals surface area contributed by atoms with Gasteiger partial charge in [-0.05, 0) is 35.4 Å². The standard InChI is InChI=1S/C14H10F6N2O2/c15-13(16,17)7-3-11(23)9(21)1-5(7)6-2-10(22)12(24)4-8(6)14(18,19)20/h1-4,23-24H,21-22H2. The van der Waals surface area contributed by atoms with Crippen LogP contribution in [0, 0.1) is 0 Å². The molecule has 0 bridgehead atoms. The fourth-order valence-electron chi connectivity index (χ4n) is 2.12. The third kappa shape index (κ3) is 3.12. The van der Waals surface area contributed by atoms with Crippen molar-refractivity contribution in [3.8, 4) is 22.6 Å². The van der Waals surface area contributed by atoms with E-state index in [0.717, 1.165) is 0 Å². The molecule has 2 aromatic carbocycles. The second-order valence-corrected chi connectivity index (χ2v) is 4.91. The molecule has 0 atom stereocenters. The van der Waals surface area contributed by atoms with Gasteiger partial charge < -0.3 is 21.7 Å². The minimum Gasteiger partial charge on any atom is -0.506 e.